The molecule has 0 saturated carbocycles. The number of anilines is 1. The quantitative estimate of drug-likeness (QED) is 0.279. The van der Waals surface area contributed by atoms with E-state index in [4.69, 9.17) is 9.72 Å². The monoisotopic (exact) mass is 477 g/mol. The Bertz CT molecular complexity index is 1240. The number of pyridine rings is 1. The smallest absolute Gasteiger partial charge is 0.233 e. The van der Waals surface area contributed by atoms with Gasteiger partial charge in [0, 0.05) is 16.3 Å². The van der Waals surface area contributed by atoms with Crippen molar-refractivity contribution >= 4 is 44.4 Å². The summed E-state index contributed by atoms with van der Waals surface area (Å²) < 4.78 is 6.54. The first kappa shape index (κ1) is 23.3. The van der Waals surface area contributed by atoms with Crippen molar-refractivity contribution in [3.63, 3.8) is 0 Å². The van der Waals surface area contributed by atoms with E-state index in [1.165, 1.54) is 16.2 Å². The average molecular weight is 478 g/mol. The Labute approximate surface area is 202 Å². The predicted molar refractivity (Wildman–Crippen MR) is 137 cm³/mol. The molecule has 2 heterocycles. The number of carbonyl (C=O) groups excluding carboxylic acids is 1. The van der Waals surface area contributed by atoms with Crippen LogP contribution in [0.3, 0.4) is 0 Å². The van der Waals surface area contributed by atoms with Crippen molar-refractivity contribution < 1.29 is 9.53 Å². The van der Waals surface area contributed by atoms with E-state index in [0.29, 0.717) is 29.1 Å². The summed E-state index contributed by atoms with van der Waals surface area (Å²) in [7, 11) is 1.64. The van der Waals surface area contributed by atoms with Crippen LogP contribution in [-0.2, 0) is 17.8 Å². The first-order valence-corrected chi connectivity index (χ1v) is 12.5. The van der Waals surface area contributed by atoms with Gasteiger partial charge in [-0.05, 0) is 48.4 Å². The number of hydrogen-bond acceptors (Lipinski definition) is 6. The van der Waals surface area contributed by atoms with Crippen LogP contribution in [0.1, 0.15) is 30.7 Å². The van der Waals surface area contributed by atoms with Crippen molar-refractivity contribution in [3.8, 4) is 5.75 Å². The lowest BCUT2D eigenvalue weighted by atomic mass is 10.1. The summed E-state index contributed by atoms with van der Waals surface area (Å²) in [5, 5.41) is 1.17. The molecule has 0 atom stereocenters. The zero-order valence-electron chi connectivity index (χ0n) is 19.2. The lowest BCUT2D eigenvalue weighted by molar-refractivity contribution is -0.118. The molecular formula is C26H27N3O2S2. The molecule has 7 heteroatoms. The molecule has 0 saturated heterocycles. The Morgan fingerprint density at radius 3 is 2.58 bits per heavy atom. The largest absolute Gasteiger partial charge is 0.494 e. The molecule has 0 unspecified atom stereocenters. The van der Waals surface area contributed by atoms with Gasteiger partial charge in [-0.25, -0.2) is 4.98 Å². The van der Waals surface area contributed by atoms with Crippen molar-refractivity contribution in [2.45, 2.75) is 43.9 Å². The number of amides is 1. The highest BCUT2D eigenvalue weighted by Gasteiger charge is 2.22. The number of methoxy groups -OCH3 is 1. The molecule has 170 valence electrons. The van der Waals surface area contributed by atoms with Crippen LogP contribution in [0.25, 0.3) is 10.2 Å². The number of thiazole rings is 1. The Morgan fingerprint density at radius 2 is 1.91 bits per heavy atom. The van der Waals surface area contributed by atoms with Gasteiger partial charge in [0.15, 0.2) is 5.13 Å². The van der Waals surface area contributed by atoms with Crippen LogP contribution in [-0.4, -0.2) is 28.2 Å². The Balaban J connectivity index is 1.66. The van der Waals surface area contributed by atoms with Gasteiger partial charge >= 0.3 is 0 Å². The number of benzene rings is 2. The van der Waals surface area contributed by atoms with E-state index in [2.05, 4.69) is 31.0 Å². The van der Waals surface area contributed by atoms with E-state index in [1.54, 1.807) is 18.2 Å². The van der Waals surface area contributed by atoms with Crippen LogP contribution in [0, 0.1) is 6.92 Å². The Morgan fingerprint density at radius 1 is 1.12 bits per heavy atom. The van der Waals surface area contributed by atoms with Crippen LogP contribution in [0.15, 0.2) is 65.7 Å². The lowest BCUT2D eigenvalue weighted by Gasteiger charge is -2.19. The number of ether oxygens (including phenoxy) is 1. The zero-order chi connectivity index (χ0) is 23.4. The summed E-state index contributed by atoms with van der Waals surface area (Å²) in [6.07, 6.45) is 2.04. The minimum atomic E-state index is -0.0133. The fourth-order valence-electron chi connectivity index (χ4n) is 3.52. The number of hydrogen-bond donors (Lipinski definition) is 0. The number of fused-ring (bicyclic) bond motifs is 1. The van der Waals surface area contributed by atoms with Crippen LogP contribution in [0.4, 0.5) is 5.13 Å². The normalized spacial score (nSPS) is 11.2. The molecule has 0 aliphatic heterocycles. The Hall–Kier alpha value is -2.90. The molecular weight excluding hydrogens is 450 g/mol. The summed E-state index contributed by atoms with van der Waals surface area (Å²) in [6, 6.07) is 17.9. The summed E-state index contributed by atoms with van der Waals surface area (Å²) >= 11 is 3.33. The second-order valence-electron chi connectivity index (χ2n) is 8.05. The molecule has 2 aromatic carbocycles. The van der Waals surface area contributed by atoms with Gasteiger partial charge in [-0.1, -0.05) is 49.4 Å². The third-order valence-corrected chi connectivity index (χ3v) is 7.37. The second kappa shape index (κ2) is 10.4. The first-order chi connectivity index (χ1) is 15.9. The summed E-state index contributed by atoms with van der Waals surface area (Å²) in [4.78, 5) is 25.7. The van der Waals surface area contributed by atoms with Gasteiger partial charge in [0.1, 0.15) is 11.3 Å². The molecule has 4 aromatic rings. The highest BCUT2D eigenvalue weighted by molar-refractivity contribution is 7.99. The van der Waals surface area contributed by atoms with Crippen molar-refractivity contribution in [1.82, 2.24) is 9.97 Å². The number of aryl methyl sites for hydroxylation is 1. The molecule has 33 heavy (non-hydrogen) atoms. The predicted octanol–water partition coefficient (Wildman–Crippen LogP) is 6.28. The van der Waals surface area contributed by atoms with Crippen molar-refractivity contribution in [3.05, 3.63) is 77.6 Å². The van der Waals surface area contributed by atoms with Gasteiger partial charge < -0.3 is 4.74 Å². The summed E-state index contributed by atoms with van der Waals surface area (Å²) in [5.41, 5.74) is 3.69. The molecule has 5 nitrogen and oxygen atoms in total. The fraction of sp³-hybridized carbons (Fsp3) is 0.269. The molecule has 0 aliphatic carbocycles. The SMILES string of the molecule is COc1ccc(C)c2sc(N(Cc3ccccn3)C(=O)Cc3ccc(SC(C)C)cc3)nc12. The van der Waals surface area contributed by atoms with Gasteiger partial charge in [-0.3, -0.25) is 14.7 Å². The van der Waals surface area contributed by atoms with Gasteiger partial charge in [0.05, 0.1) is 30.5 Å². The summed E-state index contributed by atoms with van der Waals surface area (Å²) in [5.74, 6) is 0.696. The van der Waals surface area contributed by atoms with E-state index in [1.807, 2.05) is 61.2 Å². The van der Waals surface area contributed by atoms with E-state index < -0.39 is 0 Å². The maximum Gasteiger partial charge on any atom is 0.233 e. The van der Waals surface area contributed by atoms with Crippen LogP contribution in [0.2, 0.25) is 0 Å². The van der Waals surface area contributed by atoms with Gasteiger partial charge in [0.2, 0.25) is 5.91 Å². The highest BCUT2D eigenvalue weighted by Crippen LogP contribution is 2.37. The van der Waals surface area contributed by atoms with Crippen LogP contribution in [0.5, 0.6) is 5.75 Å². The number of rotatable bonds is 8. The molecule has 0 fully saturated rings. The molecule has 0 spiro atoms. The van der Waals surface area contributed by atoms with Crippen molar-refractivity contribution in [2.24, 2.45) is 0 Å². The average Bonchev–Trinajstić information content (AvgIpc) is 3.25. The molecule has 0 radical (unpaired) electrons. The van der Waals surface area contributed by atoms with Crippen LogP contribution < -0.4 is 9.64 Å². The first-order valence-electron chi connectivity index (χ1n) is 10.8. The highest BCUT2D eigenvalue weighted by atomic mass is 32.2. The standard InChI is InChI=1S/C26H27N3O2S2/c1-17(2)32-21-11-9-19(10-12-21)15-23(30)29(16-20-7-5-6-14-27-20)26-28-24-22(31-4)13-8-18(3)25(24)33-26/h5-14,17H,15-16H2,1-4H3. The second-order valence-corrected chi connectivity index (χ2v) is 10.7. The number of carbonyl (C=O) groups is 1. The van der Waals surface area contributed by atoms with E-state index >= 15 is 0 Å². The molecule has 0 aliphatic rings. The van der Waals surface area contributed by atoms with Crippen molar-refractivity contribution in [2.75, 3.05) is 12.0 Å². The zero-order valence-corrected chi connectivity index (χ0v) is 20.9. The topological polar surface area (TPSA) is 55.3 Å². The summed E-state index contributed by atoms with van der Waals surface area (Å²) in [6.45, 7) is 6.76. The minimum absolute atomic E-state index is 0.0133. The third-order valence-electron chi connectivity index (χ3n) is 5.14. The number of thioether (sulfide) groups is 1. The number of nitrogens with zero attached hydrogens (tertiary/aromatic N) is 3. The third kappa shape index (κ3) is 5.54. The van der Waals surface area contributed by atoms with Crippen LogP contribution >= 0.6 is 23.1 Å². The molecule has 0 bridgehead atoms. The lowest BCUT2D eigenvalue weighted by Crippen LogP contribution is -2.32. The number of aromatic nitrogens is 2. The van der Waals surface area contributed by atoms with Gasteiger partial charge in [0.25, 0.3) is 0 Å². The van der Waals surface area contributed by atoms with E-state index in [9.17, 15) is 4.79 Å². The Kier molecular flexibility index (Phi) is 7.30. The fourth-order valence-corrected chi connectivity index (χ4v) is 5.43. The minimum Gasteiger partial charge on any atom is -0.494 e. The maximum absolute atomic E-state index is 13.5. The van der Waals surface area contributed by atoms with Gasteiger partial charge in [-0.2, -0.15) is 0 Å². The van der Waals surface area contributed by atoms with Gasteiger partial charge in [-0.15, -0.1) is 11.8 Å². The van der Waals surface area contributed by atoms with Crippen molar-refractivity contribution in [1.29, 1.82) is 0 Å². The molecule has 2 aromatic heterocycles. The molecule has 4 rings (SSSR count). The van der Waals surface area contributed by atoms with E-state index in [0.717, 1.165) is 27.0 Å². The molecule has 1 amide bonds. The molecule has 0 N–H and O–H groups in total. The maximum atomic E-state index is 13.5. The van der Waals surface area contributed by atoms with E-state index in [-0.39, 0.29) is 5.91 Å².